The van der Waals surface area contributed by atoms with Gasteiger partial charge >= 0.3 is 0 Å². The molecule has 0 bridgehead atoms. The topological polar surface area (TPSA) is 15.6 Å². The molecule has 3 aliphatic rings. The van der Waals surface area contributed by atoms with Crippen LogP contribution in [0.25, 0.3) is 10.8 Å². The monoisotopic (exact) mass is 306 g/mol. The van der Waals surface area contributed by atoms with Gasteiger partial charge in [-0.1, -0.05) is 60.6 Å². The number of thioether (sulfide) groups is 1. The van der Waals surface area contributed by atoms with E-state index in [9.17, 15) is 0 Å². The molecule has 3 heteroatoms. The van der Waals surface area contributed by atoms with Crippen molar-refractivity contribution < 1.29 is 0 Å². The van der Waals surface area contributed by atoms with E-state index in [0.29, 0.717) is 0 Å². The lowest BCUT2D eigenvalue weighted by Crippen LogP contribution is -2.42. The molecule has 0 unspecified atom stereocenters. The zero-order chi connectivity index (χ0) is 14.6. The minimum atomic E-state index is 0.221. The molecular formula is C19H18N2S. The van der Waals surface area contributed by atoms with Crippen molar-refractivity contribution in [3.63, 3.8) is 0 Å². The Morgan fingerprint density at radius 1 is 1.05 bits per heavy atom. The van der Waals surface area contributed by atoms with Gasteiger partial charge < -0.3 is 4.90 Å². The lowest BCUT2D eigenvalue weighted by molar-refractivity contribution is 0.253. The normalized spacial score (nSPS) is 22.3. The van der Waals surface area contributed by atoms with Crippen LogP contribution in [0.4, 0.5) is 0 Å². The lowest BCUT2D eigenvalue weighted by atomic mass is 9.62. The van der Waals surface area contributed by atoms with Crippen molar-refractivity contribution in [2.75, 3.05) is 13.1 Å². The molecule has 0 aromatic heterocycles. The molecule has 2 nitrogen and oxygen atoms in total. The van der Waals surface area contributed by atoms with Gasteiger partial charge in [-0.3, -0.25) is 4.99 Å². The molecule has 110 valence electrons. The highest BCUT2D eigenvalue weighted by atomic mass is 32.2. The van der Waals surface area contributed by atoms with Crippen LogP contribution in [0.15, 0.2) is 58.6 Å². The number of amidine groups is 1. The number of allylic oxidation sites excluding steroid dienone is 1. The Morgan fingerprint density at radius 3 is 2.73 bits per heavy atom. The first-order chi connectivity index (χ1) is 10.9. The molecule has 1 fully saturated rings. The van der Waals surface area contributed by atoms with Gasteiger partial charge in [-0.05, 0) is 34.6 Å². The van der Waals surface area contributed by atoms with Crippen molar-refractivity contribution in [2.45, 2.75) is 24.7 Å². The Morgan fingerprint density at radius 2 is 1.91 bits per heavy atom. The quantitative estimate of drug-likeness (QED) is 0.810. The van der Waals surface area contributed by atoms with Crippen LogP contribution in [0, 0.1) is 0 Å². The van der Waals surface area contributed by atoms with Gasteiger partial charge in [0, 0.05) is 17.7 Å². The molecule has 0 N–H and O–H groups in total. The van der Waals surface area contributed by atoms with Crippen molar-refractivity contribution in [2.24, 2.45) is 4.99 Å². The number of nitrogens with zero attached hydrogens (tertiary/aromatic N) is 2. The first kappa shape index (κ1) is 12.8. The molecule has 22 heavy (non-hydrogen) atoms. The second kappa shape index (κ2) is 4.63. The summed E-state index contributed by atoms with van der Waals surface area (Å²) in [4.78, 5) is 7.07. The lowest BCUT2D eigenvalue weighted by Gasteiger charge is -2.46. The highest BCUT2D eigenvalue weighted by Gasteiger charge is 2.47. The molecule has 2 heterocycles. The van der Waals surface area contributed by atoms with Crippen molar-refractivity contribution in [1.82, 2.24) is 4.90 Å². The van der Waals surface area contributed by atoms with Crippen LogP contribution in [0.1, 0.15) is 24.8 Å². The Balaban J connectivity index is 1.62. The summed E-state index contributed by atoms with van der Waals surface area (Å²) in [5, 5.41) is 6.25. The smallest absolute Gasteiger partial charge is 0.167 e. The molecule has 1 aliphatic carbocycles. The van der Waals surface area contributed by atoms with Gasteiger partial charge in [0.2, 0.25) is 0 Å². The van der Waals surface area contributed by atoms with E-state index in [4.69, 9.17) is 0 Å². The van der Waals surface area contributed by atoms with E-state index < -0.39 is 0 Å². The molecule has 0 amide bonds. The van der Waals surface area contributed by atoms with Crippen LogP contribution in [0.2, 0.25) is 0 Å². The number of rotatable bonds is 2. The molecular weight excluding hydrogens is 288 g/mol. The third kappa shape index (κ3) is 1.66. The summed E-state index contributed by atoms with van der Waals surface area (Å²) in [7, 11) is 0. The van der Waals surface area contributed by atoms with E-state index >= 15 is 0 Å². The van der Waals surface area contributed by atoms with Gasteiger partial charge in [-0.25, -0.2) is 0 Å². The standard InChI is InChI=1S/C19H18N2S/c1-2-5-15-12-16(7-6-14(15)4-1)19(8-3-9-19)17-13-22-18-20-10-11-21(17)18/h1-2,4-7,12-13H,3,8-11H2. The Bertz CT molecular complexity index is 817. The van der Waals surface area contributed by atoms with Crippen LogP contribution in [0.3, 0.4) is 0 Å². The highest BCUT2D eigenvalue weighted by molar-refractivity contribution is 8.16. The molecule has 0 radical (unpaired) electrons. The molecule has 0 spiro atoms. The van der Waals surface area contributed by atoms with Crippen molar-refractivity contribution >= 4 is 27.7 Å². The average molecular weight is 306 g/mol. The predicted molar refractivity (Wildman–Crippen MR) is 94.2 cm³/mol. The Labute approximate surface area is 134 Å². The minimum absolute atomic E-state index is 0.221. The van der Waals surface area contributed by atoms with Gasteiger partial charge in [0.1, 0.15) is 0 Å². The minimum Gasteiger partial charge on any atom is -0.321 e. The fourth-order valence-electron chi connectivity index (χ4n) is 4.00. The van der Waals surface area contributed by atoms with Crippen LogP contribution in [-0.4, -0.2) is 23.2 Å². The second-order valence-corrected chi connectivity index (χ2v) is 7.27. The van der Waals surface area contributed by atoms with Gasteiger partial charge in [0.15, 0.2) is 5.17 Å². The number of hydrogen-bond acceptors (Lipinski definition) is 3. The Kier molecular flexibility index (Phi) is 2.68. The summed E-state index contributed by atoms with van der Waals surface area (Å²) in [6.07, 6.45) is 3.86. The third-order valence-corrected chi connectivity index (χ3v) is 6.27. The number of fused-ring (bicyclic) bond motifs is 2. The fourth-order valence-corrected chi connectivity index (χ4v) is 5.06. The summed E-state index contributed by atoms with van der Waals surface area (Å²) in [5.41, 5.74) is 3.20. The molecule has 0 atom stereocenters. The largest absolute Gasteiger partial charge is 0.321 e. The summed E-state index contributed by atoms with van der Waals surface area (Å²) < 4.78 is 0. The van der Waals surface area contributed by atoms with Crippen molar-refractivity contribution in [3.8, 4) is 0 Å². The zero-order valence-electron chi connectivity index (χ0n) is 12.5. The van der Waals surface area contributed by atoms with Crippen molar-refractivity contribution in [1.29, 1.82) is 0 Å². The maximum atomic E-state index is 4.62. The fraction of sp³-hybridized carbons (Fsp3) is 0.316. The Hall–Kier alpha value is -1.74. The molecule has 2 aromatic carbocycles. The van der Waals surface area contributed by atoms with Crippen LogP contribution in [0.5, 0.6) is 0 Å². The van der Waals surface area contributed by atoms with E-state index in [0.717, 1.165) is 13.1 Å². The zero-order valence-corrected chi connectivity index (χ0v) is 13.3. The maximum Gasteiger partial charge on any atom is 0.167 e. The summed E-state index contributed by atoms with van der Waals surface area (Å²) in [5.74, 6) is 0. The first-order valence-electron chi connectivity index (χ1n) is 8.05. The molecule has 2 aliphatic heterocycles. The van der Waals surface area contributed by atoms with Crippen molar-refractivity contribution in [3.05, 3.63) is 59.1 Å². The second-order valence-electron chi connectivity index (χ2n) is 6.43. The van der Waals surface area contributed by atoms with E-state index in [1.807, 2.05) is 11.8 Å². The molecule has 5 rings (SSSR count). The summed E-state index contributed by atoms with van der Waals surface area (Å²) in [6.45, 7) is 2.01. The molecule has 1 saturated carbocycles. The predicted octanol–water partition coefficient (Wildman–Crippen LogP) is 4.52. The van der Waals surface area contributed by atoms with Crippen LogP contribution in [-0.2, 0) is 5.41 Å². The van der Waals surface area contributed by atoms with Gasteiger partial charge in [-0.2, -0.15) is 0 Å². The molecule has 2 aromatic rings. The first-order valence-corrected chi connectivity index (χ1v) is 8.93. The van der Waals surface area contributed by atoms with E-state index in [2.05, 4.69) is 57.8 Å². The average Bonchev–Trinajstić information content (AvgIpc) is 3.11. The van der Waals surface area contributed by atoms with E-state index in [1.54, 1.807) is 0 Å². The maximum absolute atomic E-state index is 4.62. The van der Waals surface area contributed by atoms with E-state index in [-0.39, 0.29) is 5.41 Å². The summed E-state index contributed by atoms with van der Waals surface area (Å²) in [6, 6.07) is 15.7. The van der Waals surface area contributed by atoms with Crippen LogP contribution < -0.4 is 0 Å². The number of aliphatic imine (C=N–C) groups is 1. The SMILES string of the molecule is C1=C(C2(c3ccc4ccccc4c3)CCC2)N2CCN=C2S1. The van der Waals surface area contributed by atoms with Gasteiger partial charge in [-0.15, -0.1) is 0 Å². The van der Waals surface area contributed by atoms with Gasteiger partial charge in [0.25, 0.3) is 0 Å². The highest BCUT2D eigenvalue weighted by Crippen LogP contribution is 2.53. The third-order valence-electron chi connectivity index (χ3n) is 5.37. The number of benzene rings is 2. The number of hydrogen-bond donors (Lipinski definition) is 0. The van der Waals surface area contributed by atoms with Gasteiger partial charge in [0.05, 0.1) is 6.54 Å². The molecule has 0 saturated heterocycles. The summed E-state index contributed by atoms with van der Waals surface area (Å²) >= 11 is 1.81. The van der Waals surface area contributed by atoms with Crippen LogP contribution >= 0.6 is 11.8 Å². The van der Waals surface area contributed by atoms with E-state index in [1.165, 1.54) is 46.5 Å².